The van der Waals surface area contributed by atoms with Gasteiger partial charge in [-0.2, -0.15) is 0 Å². The normalized spacial score (nSPS) is 11.3. The fourth-order valence-electron chi connectivity index (χ4n) is 2.13. The molecule has 1 amide bonds. The van der Waals surface area contributed by atoms with E-state index in [0.717, 1.165) is 5.56 Å². The lowest BCUT2D eigenvalue weighted by Crippen LogP contribution is -2.37. The highest BCUT2D eigenvalue weighted by atomic mass is 35.5. The van der Waals surface area contributed by atoms with Gasteiger partial charge >= 0.3 is 0 Å². The van der Waals surface area contributed by atoms with Gasteiger partial charge in [-0.25, -0.2) is 4.39 Å². The first-order valence-corrected chi connectivity index (χ1v) is 7.62. The fraction of sp³-hybridized carbons (Fsp3) is 0.278. The number of ether oxygens (including phenoxy) is 2. The molecule has 0 heterocycles. The third kappa shape index (κ3) is 6.70. The summed E-state index contributed by atoms with van der Waals surface area (Å²) < 4.78 is 24.0. The predicted octanol–water partition coefficient (Wildman–Crippen LogP) is 2.78. The number of benzene rings is 2. The van der Waals surface area contributed by atoms with E-state index in [2.05, 4.69) is 5.32 Å². The second-order valence-corrected chi connectivity index (χ2v) is 5.27. The predicted molar refractivity (Wildman–Crippen MR) is 97.8 cm³/mol. The maximum Gasteiger partial charge on any atom is 0.241 e. The van der Waals surface area contributed by atoms with Crippen LogP contribution >= 0.6 is 12.4 Å². The van der Waals surface area contributed by atoms with Crippen LogP contribution < -0.4 is 15.8 Å². The number of methoxy groups -OCH3 is 1. The van der Waals surface area contributed by atoms with E-state index in [4.69, 9.17) is 15.2 Å². The molecule has 136 valence electrons. The minimum atomic E-state index is -0.715. The van der Waals surface area contributed by atoms with Crippen LogP contribution in [0.5, 0.6) is 5.75 Å². The Morgan fingerprint density at radius 2 is 1.92 bits per heavy atom. The molecule has 2 aromatic rings. The van der Waals surface area contributed by atoms with Gasteiger partial charge in [0.1, 0.15) is 6.61 Å². The molecule has 5 nitrogen and oxygen atoms in total. The molecule has 2 aromatic carbocycles. The molecule has 0 aliphatic carbocycles. The second-order valence-electron chi connectivity index (χ2n) is 5.27. The van der Waals surface area contributed by atoms with Gasteiger partial charge in [0.15, 0.2) is 11.6 Å². The smallest absolute Gasteiger partial charge is 0.241 e. The summed E-state index contributed by atoms with van der Waals surface area (Å²) in [6.07, 6.45) is 0.410. The summed E-state index contributed by atoms with van der Waals surface area (Å²) in [7, 11) is 1.54. The van der Waals surface area contributed by atoms with E-state index in [1.165, 1.54) is 19.2 Å². The third-order valence-corrected chi connectivity index (χ3v) is 3.38. The molecule has 0 bridgehead atoms. The SMILES string of the molecule is COCCOc1ccc(NC(=O)[C@@H](N)Cc2ccccc2)cc1F.Cl. The summed E-state index contributed by atoms with van der Waals surface area (Å²) in [5, 5.41) is 2.61. The number of carbonyl (C=O) groups is 1. The third-order valence-electron chi connectivity index (χ3n) is 3.38. The largest absolute Gasteiger partial charge is 0.488 e. The zero-order chi connectivity index (χ0) is 17.4. The number of nitrogens with one attached hydrogen (secondary N) is 1. The first-order valence-electron chi connectivity index (χ1n) is 7.62. The summed E-state index contributed by atoms with van der Waals surface area (Å²) in [4.78, 5) is 12.1. The molecule has 0 saturated heterocycles. The van der Waals surface area contributed by atoms with Crippen LogP contribution in [-0.2, 0) is 16.0 Å². The molecule has 0 fully saturated rings. The highest BCUT2D eigenvalue weighted by Gasteiger charge is 2.15. The van der Waals surface area contributed by atoms with Gasteiger partial charge in [0, 0.05) is 18.9 Å². The zero-order valence-electron chi connectivity index (χ0n) is 13.9. The van der Waals surface area contributed by atoms with E-state index >= 15 is 0 Å². The van der Waals surface area contributed by atoms with Gasteiger partial charge in [-0.3, -0.25) is 4.79 Å². The Kier molecular flexibility index (Phi) is 8.91. The molecule has 3 N–H and O–H groups in total. The molecule has 7 heteroatoms. The number of amides is 1. The standard InChI is InChI=1S/C18H21FN2O3.ClH/c1-23-9-10-24-17-8-7-14(12-15(17)19)21-18(22)16(20)11-13-5-3-2-4-6-13;/h2-8,12,16H,9-11,20H2,1H3,(H,21,22);1H/t16-;/m0./s1. The van der Waals surface area contributed by atoms with Crippen molar-refractivity contribution >= 4 is 24.0 Å². The van der Waals surface area contributed by atoms with Crippen LogP contribution in [0.15, 0.2) is 48.5 Å². The van der Waals surface area contributed by atoms with Crippen molar-refractivity contribution in [2.24, 2.45) is 5.73 Å². The van der Waals surface area contributed by atoms with Crippen LogP contribution in [0.2, 0.25) is 0 Å². The number of halogens is 2. The molecule has 0 spiro atoms. The van der Waals surface area contributed by atoms with Crippen LogP contribution in [0, 0.1) is 5.82 Å². The van der Waals surface area contributed by atoms with Crippen LogP contribution in [0.25, 0.3) is 0 Å². The Morgan fingerprint density at radius 3 is 2.56 bits per heavy atom. The van der Waals surface area contributed by atoms with Crippen molar-refractivity contribution < 1.29 is 18.7 Å². The number of nitrogens with two attached hydrogens (primary N) is 1. The van der Waals surface area contributed by atoms with E-state index in [1.807, 2.05) is 30.3 Å². The first kappa shape index (κ1) is 20.9. The summed E-state index contributed by atoms with van der Waals surface area (Å²) in [5.41, 5.74) is 7.20. The molecule has 0 unspecified atom stereocenters. The van der Waals surface area contributed by atoms with Crippen molar-refractivity contribution in [1.82, 2.24) is 0 Å². The van der Waals surface area contributed by atoms with Crippen LogP contribution in [0.4, 0.5) is 10.1 Å². The Bertz CT molecular complexity index is 671. The minimum Gasteiger partial charge on any atom is -0.488 e. The second kappa shape index (κ2) is 10.7. The summed E-state index contributed by atoms with van der Waals surface area (Å²) in [6, 6.07) is 13.0. The summed E-state index contributed by atoms with van der Waals surface area (Å²) >= 11 is 0. The summed E-state index contributed by atoms with van der Waals surface area (Å²) in [6.45, 7) is 0.618. The quantitative estimate of drug-likeness (QED) is 0.703. The van der Waals surface area contributed by atoms with Crippen LogP contribution in [0.1, 0.15) is 5.56 Å². The lowest BCUT2D eigenvalue weighted by atomic mass is 10.1. The minimum absolute atomic E-state index is 0. The van der Waals surface area contributed by atoms with E-state index in [9.17, 15) is 9.18 Å². The van der Waals surface area contributed by atoms with E-state index in [-0.39, 0.29) is 30.7 Å². The molecule has 0 radical (unpaired) electrons. The van der Waals surface area contributed by atoms with Crippen molar-refractivity contribution in [2.45, 2.75) is 12.5 Å². The van der Waals surface area contributed by atoms with Crippen molar-refractivity contribution in [3.05, 3.63) is 59.9 Å². The highest BCUT2D eigenvalue weighted by Crippen LogP contribution is 2.21. The number of rotatable bonds is 8. The maximum absolute atomic E-state index is 13.9. The van der Waals surface area contributed by atoms with Crippen molar-refractivity contribution in [1.29, 1.82) is 0 Å². The van der Waals surface area contributed by atoms with Crippen molar-refractivity contribution in [2.75, 3.05) is 25.6 Å². The van der Waals surface area contributed by atoms with Crippen LogP contribution in [0.3, 0.4) is 0 Å². The van der Waals surface area contributed by atoms with Crippen molar-refractivity contribution in [3.63, 3.8) is 0 Å². The number of carbonyl (C=O) groups excluding carboxylic acids is 1. The Labute approximate surface area is 152 Å². The van der Waals surface area contributed by atoms with Gasteiger partial charge in [-0.15, -0.1) is 12.4 Å². The molecule has 0 aliphatic rings. The van der Waals surface area contributed by atoms with Gasteiger partial charge in [0.05, 0.1) is 12.6 Å². The topological polar surface area (TPSA) is 73.6 Å². The number of anilines is 1. The van der Waals surface area contributed by atoms with Gasteiger partial charge < -0.3 is 20.5 Å². The maximum atomic E-state index is 13.9. The fourth-order valence-corrected chi connectivity index (χ4v) is 2.13. The monoisotopic (exact) mass is 368 g/mol. The van der Waals surface area contributed by atoms with Gasteiger partial charge in [0.25, 0.3) is 0 Å². The molecule has 1 atom stereocenters. The molecular weight excluding hydrogens is 347 g/mol. The van der Waals surface area contributed by atoms with Gasteiger partial charge in [-0.05, 0) is 24.1 Å². The number of hydrogen-bond donors (Lipinski definition) is 2. The molecule has 25 heavy (non-hydrogen) atoms. The van der Waals surface area contributed by atoms with E-state index in [0.29, 0.717) is 18.7 Å². The average Bonchev–Trinajstić information content (AvgIpc) is 2.58. The van der Waals surface area contributed by atoms with Gasteiger partial charge in [0.2, 0.25) is 5.91 Å². The summed E-state index contributed by atoms with van der Waals surface area (Å²) in [5.74, 6) is -0.814. The molecule has 0 aromatic heterocycles. The lowest BCUT2D eigenvalue weighted by Gasteiger charge is -2.13. The van der Waals surface area contributed by atoms with Crippen molar-refractivity contribution in [3.8, 4) is 5.75 Å². The first-order chi connectivity index (χ1) is 11.6. The molecular formula is C18H22ClFN2O3. The number of hydrogen-bond acceptors (Lipinski definition) is 4. The Morgan fingerprint density at radius 1 is 1.20 bits per heavy atom. The van der Waals surface area contributed by atoms with E-state index < -0.39 is 11.9 Å². The lowest BCUT2D eigenvalue weighted by molar-refractivity contribution is -0.117. The highest BCUT2D eigenvalue weighted by molar-refractivity contribution is 5.94. The Hall–Kier alpha value is -2.15. The molecule has 2 rings (SSSR count). The van der Waals surface area contributed by atoms with Gasteiger partial charge in [-0.1, -0.05) is 30.3 Å². The van der Waals surface area contributed by atoms with Crippen LogP contribution in [-0.4, -0.2) is 32.3 Å². The Balaban J connectivity index is 0.00000312. The van der Waals surface area contributed by atoms with E-state index in [1.54, 1.807) is 6.07 Å². The average molecular weight is 369 g/mol. The zero-order valence-corrected chi connectivity index (χ0v) is 14.7. The molecule has 0 saturated carbocycles. The molecule has 0 aliphatic heterocycles.